The number of aryl methyl sites for hydroxylation is 2. The maximum Gasteiger partial charge on any atom is 0.191 e. The summed E-state index contributed by atoms with van der Waals surface area (Å²) in [5, 5.41) is 11.1. The predicted octanol–water partition coefficient (Wildman–Crippen LogP) is 3.07. The van der Waals surface area contributed by atoms with Crippen molar-refractivity contribution in [2.75, 3.05) is 6.54 Å². The van der Waals surface area contributed by atoms with Gasteiger partial charge in [-0.15, -0.1) is 0 Å². The zero-order chi connectivity index (χ0) is 17.4. The van der Waals surface area contributed by atoms with E-state index in [9.17, 15) is 0 Å². The van der Waals surface area contributed by atoms with E-state index in [1.54, 1.807) is 0 Å². The molecule has 0 aliphatic rings. The minimum atomic E-state index is 0.674. The van der Waals surface area contributed by atoms with Crippen LogP contribution in [0.2, 0.25) is 0 Å². The summed E-state index contributed by atoms with van der Waals surface area (Å²) in [4.78, 5) is 4.71. The van der Waals surface area contributed by atoms with Crippen molar-refractivity contribution in [3.05, 3.63) is 52.8 Å². The number of hydrogen-bond acceptors (Lipinski definition) is 2. The van der Waals surface area contributed by atoms with E-state index in [0.29, 0.717) is 6.54 Å². The minimum absolute atomic E-state index is 0.674. The third kappa shape index (κ3) is 5.41. The molecule has 2 rings (SSSR count). The average Bonchev–Trinajstić information content (AvgIpc) is 2.90. The van der Waals surface area contributed by atoms with E-state index < -0.39 is 0 Å². The number of unbranched alkanes of at least 4 members (excludes halogenated alkanes) is 1. The smallest absolute Gasteiger partial charge is 0.191 e. The second kappa shape index (κ2) is 9.11. The van der Waals surface area contributed by atoms with E-state index in [0.717, 1.165) is 25.5 Å². The average molecular weight is 327 g/mol. The molecule has 2 N–H and O–H groups in total. The van der Waals surface area contributed by atoms with Crippen LogP contribution >= 0.6 is 0 Å². The van der Waals surface area contributed by atoms with Crippen LogP contribution in [0.4, 0.5) is 0 Å². The highest BCUT2D eigenvalue weighted by molar-refractivity contribution is 5.79. The third-order valence-corrected chi connectivity index (χ3v) is 4.15. The van der Waals surface area contributed by atoms with Gasteiger partial charge in [-0.3, -0.25) is 4.68 Å². The zero-order valence-electron chi connectivity index (χ0n) is 15.3. The molecule has 5 nitrogen and oxygen atoms in total. The lowest BCUT2D eigenvalue weighted by atomic mass is 10.1. The number of aliphatic imine (C=N–C) groups is 1. The summed E-state index contributed by atoms with van der Waals surface area (Å²) in [7, 11) is 1.96. The fraction of sp³-hybridized carbons (Fsp3) is 0.474. The molecule has 0 spiro atoms. The first-order chi connectivity index (χ1) is 11.6. The van der Waals surface area contributed by atoms with Crippen molar-refractivity contribution >= 4 is 5.96 Å². The Labute approximate surface area is 145 Å². The van der Waals surface area contributed by atoms with E-state index in [1.165, 1.54) is 28.8 Å². The Morgan fingerprint density at radius 1 is 1.17 bits per heavy atom. The van der Waals surface area contributed by atoms with E-state index in [2.05, 4.69) is 60.8 Å². The van der Waals surface area contributed by atoms with Crippen molar-refractivity contribution in [2.45, 2.75) is 46.7 Å². The Morgan fingerprint density at radius 3 is 2.54 bits per heavy atom. The fourth-order valence-corrected chi connectivity index (χ4v) is 2.32. The lowest BCUT2D eigenvalue weighted by molar-refractivity contribution is 0.719. The lowest BCUT2D eigenvalue weighted by Crippen LogP contribution is -2.37. The summed E-state index contributed by atoms with van der Waals surface area (Å²) in [6.07, 6.45) is 4.21. The lowest BCUT2D eigenvalue weighted by Gasteiger charge is -2.12. The third-order valence-electron chi connectivity index (χ3n) is 4.15. The van der Waals surface area contributed by atoms with Gasteiger partial charge in [-0.1, -0.05) is 43.2 Å². The predicted molar refractivity (Wildman–Crippen MR) is 100 cm³/mol. The molecule has 1 aromatic heterocycles. The summed E-state index contributed by atoms with van der Waals surface area (Å²) in [6.45, 7) is 8.71. The Bertz CT molecular complexity index is 655. The van der Waals surface area contributed by atoms with Crippen molar-refractivity contribution < 1.29 is 0 Å². The van der Waals surface area contributed by atoms with Gasteiger partial charge in [0.15, 0.2) is 5.96 Å². The fourth-order valence-electron chi connectivity index (χ4n) is 2.32. The van der Waals surface area contributed by atoms with Crippen LogP contribution in [0.3, 0.4) is 0 Å². The van der Waals surface area contributed by atoms with Crippen molar-refractivity contribution in [1.82, 2.24) is 20.4 Å². The van der Waals surface area contributed by atoms with Crippen molar-refractivity contribution in [1.29, 1.82) is 0 Å². The van der Waals surface area contributed by atoms with Crippen LogP contribution in [0.25, 0.3) is 0 Å². The van der Waals surface area contributed by atoms with Gasteiger partial charge in [-0.05, 0) is 25.8 Å². The molecule has 0 aliphatic carbocycles. The number of rotatable bonds is 7. The number of nitrogens with zero attached hydrogens (tertiary/aromatic N) is 3. The van der Waals surface area contributed by atoms with E-state index >= 15 is 0 Å². The van der Waals surface area contributed by atoms with E-state index in [1.807, 2.05) is 17.9 Å². The second-order valence-electron chi connectivity index (χ2n) is 6.16. The molecule has 0 fully saturated rings. The summed E-state index contributed by atoms with van der Waals surface area (Å²) >= 11 is 0. The number of hydrogen-bond donors (Lipinski definition) is 2. The quantitative estimate of drug-likeness (QED) is 0.467. The molecule has 0 saturated carbocycles. The SMILES string of the molecule is CCCCNC(=NCc1ccc(C)cc1)NCc1cnn(C)c1C. The van der Waals surface area contributed by atoms with Gasteiger partial charge < -0.3 is 10.6 Å². The Kier molecular flexibility index (Phi) is 6.85. The van der Waals surface area contributed by atoms with Gasteiger partial charge in [0.2, 0.25) is 0 Å². The number of nitrogens with one attached hydrogen (secondary N) is 2. The Balaban J connectivity index is 1.98. The van der Waals surface area contributed by atoms with Gasteiger partial charge in [0, 0.05) is 31.4 Å². The van der Waals surface area contributed by atoms with Crippen molar-refractivity contribution in [3.8, 4) is 0 Å². The molecule has 0 amide bonds. The first kappa shape index (κ1) is 18.0. The van der Waals surface area contributed by atoms with Gasteiger partial charge in [-0.25, -0.2) is 4.99 Å². The molecule has 5 heteroatoms. The van der Waals surface area contributed by atoms with Gasteiger partial charge in [0.1, 0.15) is 0 Å². The molecule has 2 aromatic rings. The van der Waals surface area contributed by atoms with Crippen LogP contribution in [0.5, 0.6) is 0 Å². The molecular weight excluding hydrogens is 298 g/mol. The van der Waals surface area contributed by atoms with Crippen LogP contribution in [0.15, 0.2) is 35.5 Å². The standard InChI is InChI=1S/C19H29N5/c1-5-6-11-20-19(21-12-17-9-7-15(2)8-10-17)22-13-18-14-23-24(4)16(18)3/h7-10,14H,5-6,11-13H2,1-4H3,(H2,20,21,22). The van der Waals surface area contributed by atoms with Crippen LogP contribution in [0.1, 0.15) is 42.1 Å². The van der Waals surface area contributed by atoms with Crippen LogP contribution in [-0.2, 0) is 20.1 Å². The summed E-state index contributed by atoms with van der Waals surface area (Å²) < 4.78 is 1.89. The second-order valence-corrected chi connectivity index (χ2v) is 6.16. The monoisotopic (exact) mass is 327 g/mol. The number of aromatic nitrogens is 2. The summed E-state index contributed by atoms with van der Waals surface area (Å²) in [5.41, 5.74) is 4.86. The highest BCUT2D eigenvalue weighted by atomic mass is 15.3. The molecule has 1 heterocycles. The van der Waals surface area contributed by atoms with Crippen LogP contribution in [0, 0.1) is 13.8 Å². The van der Waals surface area contributed by atoms with Gasteiger partial charge in [0.05, 0.1) is 12.7 Å². The maximum atomic E-state index is 4.71. The maximum absolute atomic E-state index is 4.71. The Morgan fingerprint density at radius 2 is 1.92 bits per heavy atom. The molecule has 0 saturated heterocycles. The summed E-state index contributed by atoms with van der Waals surface area (Å²) in [5.74, 6) is 0.854. The number of guanidine groups is 1. The molecular formula is C19H29N5. The normalized spacial score (nSPS) is 11.6. The molecule has 0 radical (unpaired) electrons. The van der Waals surface area contributed by atoms with E-state index in [4.69, 9.17) is 4.99 Å². The zero-order valence-corrected chi connectivity index (χ0v) is 15.3. The van der Waals surface area contributed by atoms with Crippen LogP contribution < -0.4 is 10.6 Å². The molecule has 130 valence electrons. The largest absolute Gasteiger partial charge is 0.356 e. The molecule has 0 bridgehead atoms. The topological polar surface area (TPSA) is 54.2 Å². The van der Waals surface area contributed by atoms with Crippen molar-refractivity contribution in [3.63, 3.8) is 0 Å². The molecule has 1 aromatic carbocycles. The van der Waals surface area contributed by atoms with Gasteiger partial charge in [0.25, 0.3) is 0 Å². The first-order valence-electron chi connectivity index (χ1n) is 8.65. The molecule has 0 unspecified atom stereocenters. The Hall–Kier alpha value is -2.30. The van der Waals surface area contributed by atoms with Crippen molar-refractivity contribution in [2.24, 2.45) is 12.0 Å². The highest BCUT2D eigenvalue weighted by Gasteiger charge is 2.05. The summed E-state index contributed by atoms with van der Waals surface area (Å²) in [6, 6.07) is 8.52. The van der Waals surface area contributed by atoms with Crippen LogP contribution in [-0.4, -0.2) is 22.3 Å². The van der Waals surface area contributed by atoms with Gasteiger partial charge >= 0.3 is 0 Å². The number of benzene rings is 1. The molecule has 24 heavy (non-hydrogen) atoms. The highest BCUT2D eigenvalue weighted by Crippen LogP contribution is 2.06. The molecule has 0 atom stereocenters. The molecule has 0 aliphatic heterocycles. The van der Waals surface area contributed by atoms with Gasteiger partial charge in [-0.2, -0.15) is 5.10 Å². The first-order valence-corrected chi connectivity index (χ1v) is 8.65. The minimum Gasteiger partial charge on any atom is -0.356 e. The van der Waals surface area contributed by atoms with E-state index in [-0.39, 0.29) is 0 Å².